The van der Waals surface area contributed by atoms with Gasteiger partial charge in [0.2, 0.25) is 11.8 Å². The first-order chi connectivity index (χ1) is 15.5. The number of hydrogen-bond donors (Lipinski definition) is 2. The topological polar surface area (TPSA) is 231 Å². The zero-order valence-electron chi connectivity index (χ0n) is 16.5. The van der Waals surface area contributed by atoms with Gasteiger partial charge in [-0.05, 0) is 18.6 Å². The van der Waals surface area contributed by atoms with Crippen LogP contribution in [0.5, 0.6) is 0 Å². The van der Waals surface area contributed by atoms with Crippen molar-refractivity contribution in [3.63, 3.8) is 0 Å². The Morgan fingerprint density at radius 2 is 1.00 bits per heavy atom. The van der Waals surface area contributed by atoms with Crippen LogP contribution in [0.3, 0.4) is 0 Å². The summed E-state index contributed by atoms with van der Waals surface area (Å²) in [5.41, 5.74) is -2.95. The van der Waals surface area contributed by atoms with Gasteiger partial charge in [0.15, 0.2) is 0 Å². The number of anilines is 2. The molecule has 2 rings (SSSR count). The number of benzene rings is 2. The maximum atomic E-state index is 12.0. The highest BCUT2D eigenvalue weighted by atomic mass is 16.6. The van der Waals surface area contributed by atoms with Crippen molar-refractivity contribution >= 4 is 45.9 Å². The maximum Gasteiger partial charge on any atom is 0.299 e. The fourth-order valence-electron chi connectivity index (χ4n) is 2.62. The maximum absolute atomic E-state index is 12.0. The van der Waals surface area contributed by atoms with Crippen molar-refractivity contribution in [1.29, 1.82) is 0 Å². The first-order valence-electron chi connectivity index (χ1n) is 8.95. The monoisotopic (exact) mass is 462 g/mol. The Bertz CT molecular complexity index is 1080. The summed E-state index contributed by atoms with van der Waals surface area (Å²) in [6.07, 6.45) is -0.562. The largest absolute Gasteiger partial charge is 0.320 e. The van der Waals surface area contributed by atoms with Crippen molar-refractivity contribution in [2.75, 3.05) is 10.6 Å². The van der Waals surface area contributed by atoms with E-state index in [0.29, 0.717) is 12.1 Å². The smallest absolute Gasteiger partial charge is 0.299 e. The highest BCUT2D eigenvalue weighted by Crippen LogP contribution is 2.30. The molecular weight excluding hydrogens is 448 g/mol. The third-order valence-electron chi connectivity index (χ3n) is 4.13. The first-order valence-corrected chi connectivity index (χ1v) is 8.95. The molecule has 0 aliphatic rings. The van der Waals surface area contributed by atoms with Crippen LogP contribution in [-0.4, -0.2) is 31.5 Å². The third kappa shape index (κ3) is 6.48. The molecule has 0 fully saturated rings. The van der Waals surface area contributed by atoms with Gasteiger partial charge in [-0.1, -0.05) is 0 Å². The lowest BCUT2D eigenvalue weighted by atomic mass is 10.2. The number of rotatable bonds is 10. The lowest BCUT2D eigenvalue weighted by Gasteiger charge is -2.07. The average molecular weight is 462 g/mol. The van der Waals surface area contributed by atoms with Gasteiger partial charge in [0.1, 0.15) is 11.4 Å². The Balaban J connectivity index is 1.96. The quantitative estimate of drug-likeness (QED) is 0.387. The van der Waals surface area contributed by atoms with E-state index >= 15 is 0 Å². The Kier molecular flexibility index (Phi) is 7.59. The highest BCUT2D eigenvalue weighted by Gasteiger charge is 2.22. The molecule has 0 aromatic heterocycles. The van der Waals surface area contributed by atoms with Crippen LogP contribution in [0.2, 0.25) is 0 Å². The van der Waals surface area contributed by atoms with Gasteiger partial charge in [0, 0.05) is 25.0 Å². The van der Waals surface area contributed by atoms with E-state index < -0.39 is 54.3 Å². The number of nitrogens with one attached hydrogen (secondary N) is 2. The molecular formula is C17H14N6O10. The number of nitrogens with zero attached hydrogens (tertiary/aromatic N) is 4. The van der Waals surface area contributed by atoms with E-state index in [4.69, 9.17) is 0 Å². The molecule has 0 atom stereocenters. The SMILES string of the molecule is O=C(CCCC(=O)Nc1ccc([N+](=O)[O-])cc1[N+](=O)[O-])Nc1ccc([N+](=O)[O-])cc1[N+](=O)[O-]. The molecule has 0 aliphatic heterocycles. The van der Waals surface area contributed by atoms with Gasteiger partial charge < -0.3 is 10.6 Å². The molecule has 33 heavy (non-hydrogen) atoms. The molecule has 16 heteroatoms. The molecule has 0 spiro atoms. The average Bonchev–Trinajstić information content (AvgIpc) is 2.73. The van der Waals surface area contributed by atoms with Gasteiger partial charge >= 0.3 is 0 Å². The molecule has 0 bridgehead atoms. The van der Waals surface area contributed by atoms with Crippen LogP contribution in [0.25, 0.3) is 0 Å². The minimum Gasteiger partial charge on any atom is -0.320 e. The normalized spacial score (nSPS) is 10.2. The zero-order valence-corrected chi connectivity index (χ0v) is 16.5. The summed E-state index contributed by atoms with van der Waals surface area (Å²) >= 11 is 0. The Labute approximate surface area is 182 Å². The van der Waals surface area contributed by atoms with Crippen molar-refractivity contribution in [3.05, 3.63) is 76.9 Å². The van der Waals surface area contributed by atoms with E-state index in [1.807, 2.05) is 0 Å². The standard InChI is InChI=1S/C17H14N6O10/c24-16(18-12-6-4-10(20(26)27)8-14(12)22(30)31)2-1-3-17(25)19-13-7-5-11(21(28)29)9-15(13)23(32)33/h4-9H,1-3H2,(H,18,24)(H,19,25). The van der Waals surface area contributed by atoms with Crippen molar-refractivity contribution in [3.8, 4) is 0 Å². The molecule has 0 unspecified atom stereocenters. The number of non-ortho nitro benzene ring substituents is 2. The molecule has 0 radical (unpaired) electrons. The second-order valence-electron chi connectivity index (χ2n) is 6.38. The number of amides is 2. The second-order valence-corrected chi connectivity index (χ2v) is 6.38. The second kappa shape index (κ2) is 10.3. The predicted molar refractivity (Wildman–Crippen MR) is 111 cm³/mol. The molecule has 2 aromatic carbocycles. The van der Waals surface area contributed by atoms with Gasteiger partial charge in [-0.15, -0.1) is 0 Å². The molecule has 2 amide bonds. The van der Waals surface area contributed by atoms with Gasteiger partial charge in [-0.3, -0.25) is 50.0 Å². The van der Waals surface area contributed by atoms with E-state index in [9.17, 15) is 50.0 Å². The summed E-state index contributed by atoms with van der Waals surface area (Å²) in [4.78, 5) is 64.3. The van der Waals surface area contributed by atoms with Gasteiger partial charge in [-0.2, -0.15) is 0 Å². The van der Waals surface area contributed by atoms with Crippen LogP contribution in [0, 0.1) is 40.5 Å². The highest BCUT2D eigenvalue weighted by molar-refractivity contribution is 5.95. The molecule has 0 heterocycles. The van der Waals surface area contributed by atoms with E-state index in [-0.39, 0.29) is 30.6 Å². The fourth-order valence-corrected chi connectivity index (χ4v) is 2.62. The lowest BCUT2D eigenvalue weighted by Crippen LogP contribution is -2.16. The summed E-state index contributed by atoms with van der Waals surface area (Å²) in [6.45, 7) is 0. The predicted octanol–water partition coefficient (Wildman–Crippen LogP) is 3.07. The van der Waals surface area contributed by atoms with Crippen molar-refractivity contribution in [2.24, 2.45) is 0 Å². The van der Waals surface area contributed by atoms with Crippen LogP contribution in [0.1, 0.15) is 19.3 Å². The van der Waals surface area contributed by atoms with Gasteiger partial charge in [0.25, 0.3) is 22.7 Å². The van der Waals surface area contributed by atoms with Crippen LogP contribution in [-0.2, 0) is 9.59 Å². The van der Waals surface area contributed by atoms with Crippen molar-refractivity contribution in [1.82, 2.24) is 0 Å². The van der Waals surface area contributed by atoms with Crippen LogP contribution >= 0.6 is 0 Å². The van der Waals surface area contributed by atoms with Crippen molar-refractivity contribution < 1.29 is 29.3 Å². The zero-order chi connectivity index (χ0) is 24.7. The summed E-state index contributed by atoms with van der Waals surface area (Å²) in [7, 11) is 0. The lowest BCUT2D eigenvalue weighted by molar-refractivity contribution is -0.393. The first kappa shape index (κ1) is 24.3. The summed E-state index contributed by atoms with van der Waals surface area (Å²) in [5, 5.41) is 48.1. The fraction of sp³-hybridized carbons (Fsp3) is 0.176. The number of nitro groups is 4. The van der Waals surface area contributed by atoms with Crippen molar-refractivity contribution in [2.45, 2.75) is 19.3 Å². The van der Waals surface area contributed by atoms with E-state index in [2.05, 4.69) is 10.6 Å². The molecule has 0 aliphatic carbocycles. The molecule has 2 N–H and O–H groups in total. The summed E-state index contributed by atoms with van der Waals surface area (Å²) in [5.74, 6) is -1.41. The summed E-state index contributed by atoms with van der Waals surface area (Å²) in [6, 6.07) is 5.36. The molecule has 0 saturated heterocycles. The van der Waals surface area contributed by atoms with Crippen LogP contribution < -0.4 is 10.6 Å². The van der Waals surface area contributed by atoms with Crippen LogP contribution in [0.4, 0.5) is 34.1 Å². The number of nitro benzene ring substituents is 4. The minimum atomic E-state index is -0.896. The third-order valence-corrected chi connectivity index (χ3v) is 4.13. The van der Waals surface area contributed by atoms with Crippen LogP contribution in [0.15, 0.2) is 36.4 Å². The Morgan fingerprint density at radius 3 is 1.30 bits per heavy atom. The Hall–Kier alpha value is -5.02. The molecule has 2 aromatic rings. The summed E-state index contributed by atoms with van der Waals surface area (Å²) < 4.78 is 0. The number of carbonyl (C=O) groups is 2. The Morgan fingerprint density at radius 1 is 0.636 bits per heavy atom. The van der Waals surface area contributed by atoms with E-state index in [1.54, 1.807) is 0 Å². The molecule has 16 nitrogen and oxygen atoms in total. The molecule has 172 valence electrons. The van der Waals surface area contributed by atoms with E-state index in [1.165, 1.54) is 0 Å². The van der Waals surface area contributed by atoms with Gasteiger partial charge in [0.05, 0.1) is 31.8 Å². The molecule has 0 saturated carbocycles. The minimum absolute atomic E-state index is 0.0424. The van der Waals surface area contributed by atoms with Gasteiger partial charge in [-0.25, -0.2) is 0 Å². The number of hydrogen-bond acceptors (Lipinski definition) is 10. The number of carbonyl (C=O) groups excluding carboxylic acids is 2. The van der Waals surface area contributed by atoms with E-state index in [0.717, 1.165) is 24.3 Å².